The smallest absolute Gasteiger partial charge is 0.235 e. The molecule has 0 fully saturated rings. The van der Waals surface area contributed by atoms with Crippen LogP contribution in [0.4, 0.5) is 4.39 Å². The van der Waals surface area contributed by atoms with E-state index < -0.39 is 5.54 Å². The van der Waals surface area contributed by atoms with E-state index in [-0.39, 0.29) is 30.2 Å². The Balaban J connectivity index is 2.20. The van der Waals surface area contributed by atoms with Crippen molar-refractivity contribution in [2.75, 3.05) is 6.54 Å². The maximum absolute atomic E-state index is 13.8. The number of hydrogen-bond acceptors (Lipinski definition) is 3. The fourth-order valence-corrected chi connectivity index (χ4v) is 2.89. The summed E-state index contributed by atoms with van der Waals surface area (Å²) in [5, 5.41) is 15.4. The molecule has 28 heavy (non-hydrogen) atoms. The Morgan fingerprint density at radius 3 is 2.39 bits per heavy atom. The average Bonchev–Trinajstić information content (AvgIpc) is 2.68. The molecular weight excluding hydrogens is 353 g/mol. The summed E-state index contributed by atoms with van der Waals surface area (Å²) in [4.78, 5) is 12.5. The molecule has 0 aliphatic carbocycles. The number of amides is 1. The second-order valence-electron chi connectivity index (χ2n) is 7.48. The van der Waals surface area contributed by atoms with Gasteiger partial charge in [0.1, 0.15) is 11.4 Å². The number of hydrogen-bond donors (Lipinski definition) is 2. The zero-order valence-corrected chi connectivity index (χ0v) is 16.9. The van der Waals surface area contributed by atoms with E-state index in [4.69, 9.17) is 0 Å². The first-order valence-electron chi connectivity index (χ1n) is 9.59. The minimum Gasteiger partial charge on any atom is -0.337 e. The Morgan fingerprint density at radius 1 is 1.18 bits per heavy atom. The summed E-state index contributed by atoms with van der Waals surface area (Å²) >= 11 is 0. The normalized spacial score (nSPS) is 14.2. The second kappa shape index (κ2) is 9.48. The second-order valence-corrected chi connectivity index (χ2v) is 7.48. The van der Waals surface area contributed by atoms with Crippen molar-refractivity contribution in [1.82, 2.24) is 10.6 Å². The summed E-state index contributed by atoms with van der Waals surface area (Å²) in [5.41, 5.74) is 1.96. The Hall–Kier alpha value is -2.71. The van der Waals surface area contributed by atoms with E-state index >= 15 is 0 Å². The first-order chi connectivity index (χ1) is 13.3. The number of nitrogens with zero attached hydrogens (tertiary/aromatic N) is 1. The van der Waals surface area contributed by atoms with Crippen molar-refractivity contribution in [2.24, 2.45) is 5.92 Å². The Bertz CT molecular complexity index is 842. The first-order valence-corrected chi connectivity index (χ1v) is 9.59. The van der Waals surface area contributed by atoms with Crippen molar-refractivity contribution in [1.29, 1.82) is 5.26 Å². The molecule has 4 nitrogen and oxygen atoms in total. The molecule has 148 valence electrons. The van der Waals surface area contributed by atoms with Crippen LogP contribution in [0.15, 0.2) is 48.5 Å². The Labute approximate surface area is 166 Å². The average molecular weight is 381 g/mol. The molecule has 0 aromatic heterocycles. The molecule has 2 rings (SSSR count). The highest BCUT2D eigenvalue weighted by Gasteiger charge is 2.30. The lowest BCUT2D eigenvalue weighted by molar-refractivity contribution is -0.121. The molecule has 2 aromatic rings. The summed E-state index contributed by atoms with van der Waals surface area (Å²) in [5.74, 6) is -0.623. The molecule has 2 atom stereocenters. The summed E-state index contributed by atoms with van der Waals surface area (Å²) in [6, 6.07) is 16.3. The van der Waals surface area contributed by atoms with Crippen LogP contribution in [0, 0.1) is 23.1 Å². The van der Waals surface area contributed by atoms with Crippen LogP contribution in [-0.4, -0.2) is 18.0 Å². The summed E-state index contributed by atoms with van der Waals surface area (Å²) in [7, 11) is 0. The standard InChI is InChI=1S/C23H28FN3O/c1-5-17-9-11-18(12-10-17)22(19-7-6-8-20(24)13-19)26-14-21(28)27-23(4,15-25)16(2)3/h6-13,16,22,26H,5,14H2,1-4H3,(H,27,28)/t22-,23-/m0/s1. The number of carbonyl (C=O) groups is 1. The highest BCUT2D eigenvalue weighted by Crippen LogP contribution is 2.23. The van der Waals surface area contributed by atoms with Gasteiger partial charge in [0.2, 0.25) is 5.91 Å². The number of carbonyl (C=O) groups excluding carboxylic acids is 1. The monoisotopic (exact) mass is 381 g/mol. The highest BCUT2D eigenvalue weighted by molar-refractivity contribution is 5.79. The maximum atomic E-state index is 13.8. The van der Waals surface area contributed by atoms with Crippen molar-refractivity contribution in [3.8, 4) is 6.07 Å². The molecule has 0 unspecified atom stereocenters. The molecule has 0 aliphatic rings. The van der Waals surface area contributed by atoms with Crippen LogP contribution < -0.4 is 10.6 Å². The zero-order chi connectivity index (χ0) is 20.7. The molecule has 5 heteroatoms. The van der Waals surface area contributed by atoms with Crippen LogP contribution in [-0.2, 0) is 11.2 Å². The molecule has 2 N–H and O–H groups in total. The van der Waals surface area contributed by atoms with Crippen molar-refractivity contribution < 1.29 is 9.18 Å². The quantitative estimate of drug-likeness (QED) is 0.723. The lowest BCUT2D eigenvalue weighted by atomic mass is 9.90. The Morgan fingerprint density at radius 2 is 1.86 bits per heavy atom. The molecule has 0 heterocycles. The van der Waals surface area contributed by atoms with Crippen LogP contribution in [0.3, 0.4) is 0 Å². The predicted molar refractivity (Wildman–Crippen MR) is 109 cm³/mol. The molecule has 0 saturated carbocycles. The van der Waals surface area contributed by atoms with E-state index in [1.54, 1.807) is 13.0 Å². The zero-order valence-electron chi connectivity index (χ0n) is 16.9. The van der Waals surface area contributed by atoms with E-state index in [0.717, 1.165) is 17.5 Å². The van der Waals surface area contributed by atoms with Gasteiger partial charge < -0.3 is 5.32 Å². The number of halogens is 1. The van der Waals surface area contributed by atoms with Crippen LogP contribution >= 0.6 is 0 Å². The minimum absolute atomic E-state index is 0.0146. The highest BCUT2D eigenvalue weighted by atomic mass is 19.1. The molecule has 1 amide bonds. The van der Waals surface area contributed by atoms with E-state index in [0.29, 0.717) is 0 Å². The molecule has 0 saturated heterocycles. The third-order valence-corrected chi connectivity index (χ3v) is 5.16. The predicted octanol–water partition coefficient (Wildman–Crippen LogP) is 4.12. The van der Waals surface area contributed by atoms with Gasteiger partial charge in [-0.25, -0.2) is 4.39 Å². The molecule has 0 spiro atoms. The SMILES string of the molecule is CCc1ccc([C@H](NCC(=O)N[C@@](C)(C#N)C(C)C)c2cccc(F)c2)cc1. The molecule has 0 radical (unpaired) electrons. The van der Waals surface area contributed by atoms with Gasteiger partial charge in [0.25, 0.3) is 0 Å². The van der Waals surface area contributed by atoms with Gasteiger partial charge >= 0.3 is 0 Å². The van der Waals surface area contributed by atoms with Gasteiger partial charge in [-0.05, 0) is 48.1 Å². The number of rotatable bonds is 8. The van der Waals surface area contributed by atoms with E-state index in [1.165, 1.54) is 17.7 Å². The lowest BCUT2D eigenvalue weighted by Crippen LogP contribution is -2.51. The molecule has 0 aliphatic heterocycles. The van der Waals surface area contributed by atoms with Crippen molar-refractivity contribution in [2.45, 2.75) is 45.7 Å². The third kappa shape index (κ3) is 5.40. The van der Waals surface area contributed by atoms with Crippen LogP contribution in [0.1, 0.15) is 50.4 Å². The third-order valence-electron chi connectivity index (χ3n) is 5.16. The Kier molecular flexibility index (Phi) is 7.31. The van der Waals surface area contributed by atoms with Crippen LogP contribution in [0.25, 0.3) is 0 Å². The number of benzene rings is 2. The van der Waals surface area contributed by atoms with Gasteiger partial charge in [0.05, 0.1) is 18.7 Å². The van der Waals surface area contributed by atoms with Gasteiger partial charge in [-0.3, -0.25) is 10.1 Å². The van der Waals surface area contributed by atoms with E-state index in [2.05, 4.69) is 23.6 Å². The van der Waals surface area contributed by atoms with Gasteiger partial charge in [0.15, 0.2) is 0 Å². The molecule has 0 bridgehead atoms. The number of nitrogens with one attached hydrogen (secondary N) is 2. The lowest BCUT2D eigenvalue weighted by Gasteiger charge is -2.28. The largest absolute Gasteiger partial charge is 0.337 e. The van der Waals surface area contributed by atoms with Crippen molar-refractivity contribution in [3.63, 3.8) is 0 Å². The number of nitriles is 1. The minimum atomic E-state index is -0.935. The number of aryl methyl sites for hydroxylation is 1. The van der Waals surface area contributed by atoms with E-state index in [1.807, 2.05) is 44.2 Å². The van der Waals surface area contributed by atoms with Crippen molar-refractivity contribution in [3.05, 3.63) is 71.0 Å². The molecular formula is C23H28FN3O. The first kappa shape index (κ1) is 21.6. The van der Waals surface area contributed by atoms with Crippen LogP contribution in [0.2, 0.25) is 0 Å². The summed E-state index contributed by atoms with van der Waals surface area (Å²) in [6.07, 6.45) is 0.933. The summed E-state index contributed by atoms with van der Waals surface area (Å²) < 4.78 is 13.8. The van der Waals surface area contributed by atoms with Crippen molar-refractivity contribution >= 4 is 5.91 Å². The molecule has 2 aromatic carbocycles. The van der Waals surface area contributed by atoms with E-state index in [9.17, 15) is 14.4 Å². The fraction of sp³-hybridized carbons (Fsp3) is 0.391. The van der Waals surface area contributed by atoms with Crippen LogP contribution in [0.5, 0.6) is 0 Å². The maximum Gasteiger partial charge on any atom is 0.235 e. The fourth-order valence-electron chi connectivity index (χ4n) is 2.89. The topological polar surface area (TPSA) is 64.9 Å². The van der Waals surface area contributed by atoms with Gasteiger partial charge in [-0.15, -0.1) is 0 Å². The van der Waals surface area contributed by atoms with Gasteiger partial charge in [0, 0.05) is 0 Å². The van der Waals surface area contributed by atoms with Gasteiger partial charge in [-0.1, -0.05) is 57.2 Å². The van der Waals surface area contributed by atoms with Gasteiger partial charge in [-0.2, -0.15) is 5.26 Å². The summed E-state index contributed by atoms with van der Waals surface area (Å²) in [6.45, 7) is 7.59.